The van der Waals surface area contributed by atoms with Crippen molar-refractivity contribution in [2.75, 3.05) is 0 Å². The number of carbonyl (C=O) groups excluding carboxylic acids is 1. The van der Waals surface area contributed by atoms with Crippen molar-refractivity contribution < 1.29 is 4.79 Å². The fourth-order valence-corrected chi connectivity index (χ4v) is 3.94. The van der Waals surface area contributed by atoms with Crippen LogP contribution in [0.1, 0.15) is 50.9 Å². The first-order valence-electron chi connectivity index (χ1n) is 7.39. The van der Waals surface area contributed by atoms with E-state index in [1.807, 2.05) is 7.05 Å². The molecule has 4 nitrogen and oxygen atoms in total. The third kappa shape index (κ3) is 2.98. The minimum absolute atomic E-state index is 0.149. The molecule has 1 aromatic rings. The van der Waals surface area contributed by atoms with Crippen LogP contribution >= 0.6 is 15.9 Å². The van der Waals surface area contributed by atoms with Crippen molar-refractivity contribution in [3.8, 4) is 0 Å². The molecule has 0 bridgehead atoms. The molecule has 1 saturated carbocycles. The van der Waals surface area contributed by atoms with Gasteiger partial charge in [0.2, 0.25) is 0 Å². The quantitative estimate of drug-likeness (QED) is 0.915. The van der Waals surface area contributed by atoms with Crippen molar-refractivity contribution >= 4 is 21.7 Å². The van der Waals surface area contributed by atoms with Crippen molar-refractivity contribution in [2.24, 2.45) is 18.7 Å². The Bertz CT molecular complexity index is 511. The van der Waals surface area contributed by atoms with Crippen molar-refractivity contribution in [3.05, 3.63) is 15.9 Å². The van der Waals surface area contributed by atoms with E-state index in [0.717, 1.165) is 41.5 Å². The third-order valence-corrected chi connectivity index (χ3v) is 5.33. The van der Waals surface area contributed by atoms with Gasteiger partial charge in [-0.05, 0) is 41.1 Å². The van der Waals surface area contributed by atoms with Gasteiger partial charge in [-0.1, -0.05) is 26.7 Å². The Morgan fingerprint density at radius 2 is 2.30 bits per heavy atom. The van der Waals surface area contributed by atoms with Gasteiger partial charge in [0, 0.05) is 7.05 Å². The predicted octanol–water partition coefficient (Wildman–Crippen LogP) is 2.76. The zero-order chi connectivity index (χ0) is 14.9. The summed E-state index contributed by atoms with van der Waals surface area (Å²) in [5, 5.41) is 4.44. The monoisotopic (exact) mass is 341 g/mol. The number of nitrogens with zero attached hydrogens (tertiary/aromatic N) is 2. The summed E-state index contributed by atoms with van der Waals surface area (Å²) in [5.74, 6) is 0.689. The molecule has 0 amide bonds. The van der Waals surface area contributed by atoms with E-state index in [1.54, 1.807) is 4.68 Å². The largest absolute Gasteiger partial charge is 0.319 e. The number of rotatable bonds is 4. The predicted molar refractivity (Wildman–Crippen MR) is 83.5 cm³/mol. The molecule has 1 heterocycles. The number of nitrogens with two attached hydrogens (primary N) is 1. The van der Waals surface area contributed by atoms with Crippen LogP contribution in [0.3, 0.4) is 0 Å². The number of carbonyl (C=O) groups is 1. The molecule has 20 heavy (non-hydrogen) atoms. The molecular formula is C15H24BrN3O. The van der Waals surface area contributed by atoms with Gasteiger partial charge in [0.05, 0.1) is 27.8 Å². The summed E-state index contributed by atoms with van der Waals surface area (Å²) in [4.78, 5) is 12.6. The van der Waals surface area contributed by atoms with Gasteiger partial charge in [-0.3, -0.25) is 9.48 Å². The second-order valence-corrected chi connectivity index (χ2v) is 6.94. The normalized spacial score (nSPS) is 26.8. The van der Waals surface area contributed by atoms with Crippen LogP contribution in [-0.2, 0) is 24.7 Å². The van der Waals surface area contributed by atoms with E-state index in [9.17, 15) is 4.79 Å². The van der Waals surface area contributed by atoms with Crippen LogP contribution in [0.2, 0.25) is 0 Å². The highest BCUT2D eigenvalue weighted by atomic mass is 79.9. The summed E-state index contributed by atoms with van der Waals surface area (Å²) in [6.45, 7) is 4.25. The van der Waals surface area contributed by atoms with Crippen LogP contribution in [0.4, 0.5) is 0 Å². The van der Waals surface area contributed by atoms with E-state index in [0.29, 0.717) is 12.3 Å². The van der Waals surface area contributed by atoms with Gasteiger partial charge >= 0.3 is 0 Å². The topological polar surface area (TPSA) is 60.9 Å². The van der Waals surface area contributed by atoms with Crippen molar-refractivity contribution in [1.29, 1.82) is 0 Å². The Labute approximate surface area is 129 Å². The molecule has 0 aliphatic heterocycles. The molecule has 5 heteroatoms. The average molecular weight is 342 g/mol. The zero-order valence-electron chi connectivity index (χ0n) is 12.6. The first-order chi connectivity index (χ1) is 9.37. The highest BCUT2D eigenvalue weighted by Gasteiger charge is 2.38. The maximum Gasteiger partial charge on any atom is 0.158 e. The number of halogens is 1. The molecule has 0 radical (unpaired) electrons. The SMILES string of the molecule is CCc1nn(C)c(CC(=O)C2(N)CCCC(C)C2)c1Br. The smallest absolute Gasteiger partial charge is 0.158 e. The van der Waals surface area contributed by atoms with Crippen LogP contribution in [-0.4, -0.2) is 21.1 Å². The molecule has 0 aromatic carbocycles. The molecule has 1 aliphatic rings. The lowest BCUT2D eigenvalue weighted by Gasteiger charge is -2.35. The van der Waals surface area contributed by atoms with Gasteiger partial charge < -0.3 is 5.73 Å². The summed E-state index contributed by atoms with van der Waals surface area (Å²) >= 11 is 3.57. The van der Waals surface area contributed by atoms with E-state index in [1.165, 1.54) is 6.42 Å². The summed E-state index contributed by atoms with van der Waals surface area (Å²) in [6.07, 6.45) is 5.08. The Morgan fingerprint density at radius 3 is 2.85 bits per heavy atom. The van der Waals surface area contributed by atoms with Gasteiger partial charge in [0.1, 0.15) is 0 Å². The average Bonchev–Trinajstić information content (AvgIpc) is 2.65. The maximum absolute atomic E-state index is 12.6. The molecule has 0 spiro atoms. The van der Waals surface area contributed by atoms with Crippen LogP contribution < -0.4 is 5.73 Å². The van der Waals surface area contributed by atoms with Crippen LogP contribution in [0, 0.1) is 5.92 Å². The molecule has 2 rings (SSSR count). The molecular weight excluding hydrogens is 318 g/mol. The van der Waals surface area contributed by atoms with Crippen LogP contribution in [0.5, 0.6) is 0 Å². The molecule has 1 aromatic heterocycles. The minimum atomic E-state index is -0.645. The van der Waals surface area contributed by atoms with Crippen LogP contribution in [0.15, 0.2) is 4.47 Å². The second kappa shape index (κ2) is 5.98. The number of Topliss-reactive ketones (excluding diaryl/α,β-unsaturated/α-hetero) is 1. The lowest BCUT2D eigenvalue weighted by molar-refractivity contribution is -0.125. The van der Waals surface area contributed by atoms with Gasteiger partial charge in [0.15, 0.2) is 5.78 Å². The van der Waals surface area contributed by atoms with E-state index in [-0.39, 0.29) is 5.78 Å². The molecule has 2 unspecified atom stereocenters. The first kappa shape index (κ1) is 15.7. The first-order valence-corrected chi connectivity index (χ1v) is 8.19. The molecule has 112 valence electrons. The summed E-state index contributed by atoms with van der Waals surface area (Å²) < 4.78 is 2.76. The fourth-order valence-electron chi connectivity index (χ4n) is 3.19. The summed E-state index contributed by atoms with van der Waals surface area (Å²) in [5.41, 5.74) is 7.68. The fraction of sp³-hybridized carbons (Fsp3) is 0.733. The number of aromatic nitrogens is 2. The lowest BCUT2D eigenvalue weighted by Crippen LogP contribution is -2.51. The van der Waals surface area contributed by atoms with Gasteiger partial charge in [-0.15, -0.1) is 0 Å². The Kier molecular flexibility index (Phi) is 4.69. The number of aryl methyl sites for hydroxylation is 2. The molecule has 1 aliphatic carbocycles. The number of ketones is 1. The molecule has 2 N–H and O–H groups in total. The van der Waals surface area contributed by atoms with Crippen molar-refractivity contribution in [1.82, 2.24) is 9.78 Å². The van der Waals surface area contributed by atoms with Gasteiger partial charge in [-0.25, -0.2) is 0 Å². The molecule has 1 fully saturated rings. The third-order valence-electron chi connectivity index (χ3n) is 4.42. The van der Waals surface area contributed by atoms with Gasteiger partial charge in [-0.2, -0.15) is 5.10 Å². The molecule has 2 atom stereocenters. The number of hydrogen-bond acceptors (Lipinski definition) is 3. The number of hydrogen-bond donors (Lipinski definition) is 1. The lowest BCUT2D eigenvalue weighted by atomic mass is 9.74. The molecule has 0 saturated heterocycles. The van der Waals surface area contributed by atoms with E-state index < -0.39 is 5.54 Å². The standard InChI is InChI=1S/C15H24BrN3O/c1-4-11-14(16)12(19(3)18-11)8-13(20)15(17)7-5-6-10(2)9-15/h10H,4-9,17H2,1-3H3. The van der Waals surface area contributed by atoms with E-state index in [2.05, 4.69) is 34.9 Å². The second-order valence-electron chi connectivity index (χ2n) is 6.14. The Hall–Kier alpha value is -0.680. The highest BCUT2D eigenvalue weighted by molar-refractivity contribution is 9.10. The minimum Gasteiger partial charge on any atom is -0.319 e. The maximum atomic E-state index is 12.6. The van der Waals surface area contributed by atoms with Gasteiger partial charge in [0.25, 0.3) is 0 Å². The van der Waals surface area contributed by atoms with Crippen molar-refractivity contribution in [2.45, 2.75) is 57.9 Å². The summed E-state index contributed by atoms with van der Waals surface area (Å²) in [6, 6.07) is 0. The van der Waals surface area contributed by atoms with Crippen LogP contribution in [0.25, 0.3) is 0 Å². The highest BCUT2D eigenvalue weighted by Crippen LogP contribution is 2.32. The zero-order valence-corrected chi connectivity index (χ0v) is 14.2. The summed E-state index contributed by atoms with van der Waals surface area (Å²) in [7, 11) is 1.89. The van der Waals surface area contributed by atoms with E-state index in [4.69, 9.17) is 5.73 Å². The van der Waals surface area contributed by atoms with Crippen molar-refractivity contribution in [3.63, 3.8) is 0 Å². The Morgan fingerprint density at radius 1 is 1.60 bits per heavy atom. The van der Waals surface area contributed by atoms with E-state index >= 15 is 0 Å². The Balaban J connectivity index is 2.17.